The largest absolute Gasteiger partial charge is 0.457 e. The van der Waals surface area contributed by atoms with E-state index in [1.807, 2.05) is 36.4 Å². The maximum atomic E-state index is 12.4. The summed E-state index contributed by atoms with van der Waals surface area (Å²) >= 11 is 0. The van der Waals surface area contributed by atoms with Crippen LogP contribution >= 0.6 is 0 Å². The van der Waals surface area contributed by atoms with Crippen molar-refractivity contribution < 1.29 is 19.1 Å². The molecule has 0 aliphatic rings. The molecule has 0 radical (unpaired) electrons. The smallest absolute Gasteiger partial charge is 0.346 e. The molecule has 4 heteroatoms. The van der Waals surface area contributed by atoms with Gasteiger partial charge < -0.3 is 9.47 Å². The number of benzene rings is 2. The molecule has 0 fully saturated rings. The van der Waals surface area contributed by atoms with E-state index < -0.39 is 18.0 Å². The quantitative estimate of drug-likeness (QED) is 0.462. The molecule has 0 aliphatic heterocycles. The first-order chi connectivity index (χ1) is 11.6. The number of carbonyl (C=O) groups is 2. The van der Waals surface area contributed by atoms with Gasteiger partial charge >= 0.3 is 11.9 Å². The molecule has 2 aromatic rings. The van der Waals surface area contributed by atoms with E-state index in [0.717, 1.165) is 5.56 Å². The second-order valence-corrected chi connectivity index (χ2v) is 5.05. The summed E-state index contributed by atoms with van der Waals surface area (Å²) in [5.41, 5.74) is 4.13. The van der Waals surface area contributed by atoms with Gasteiger partial charge in [-0.1, -0.05) is 67.2 Å². The highest BCUT2D eigenvalue weighted by Gasteiger charge is 2.26. The second-order valence-electron chi connectivity index (χ2n) is 5.05. The van der Waals surface area contributed by atoms with E-state index in [9.17, 15) is 9.59 Å². The average Bonchev–Trinajstić information content (AvgIpc) is 2.61. The minimum Gasteiger partial charge on any atom is -0.457 e. The Labute approximate surface area is 141 Å². The van der Waals surface area contributed by atoms with Crippen LogP contribution in [0.15, 0.2) is 78.5 Å². The Morgan fingerprint density at radius 2 is 1.62 bits per heavy atom. The number of esters is 2. The second kappa shape index (κ2) is 8.51. The molecule has 2 aromatic carbocycles. The summed E-state index contributed by atoms with van der Waals surface area (Å²) in [6.45, 7) is 4.94. The van der Waals surface area contributed by atoms with E-state index in [1.54, 1.807) is 24.3 Å². The van der Waals surface area contributed by atoms with Gasteiger partial charge in [0, 0.05) is 6.92 Å². The number of ether oxygens (including phenoxy) is 2. The molecule has 0 spiro atoms. The third-order valence-corrected chi connectivity index (χ3v) is 3.27. The monoisotopic (exact) mass is 322 g/mol. The molecule has 4 nitrogen and oxygen atoms in total. The Hall–Kier alpha value is -3.10. The van der Waals surface area contributed by atoms with Gasteiger partial charge in [0.2, 0.25) is 0 Å². The number of hydrogen-bond acceptors (Lipinski definition) is 4. The predicted molar refractivity (Wildman–Crippen MR) is 89.8 cm³/mol. The van der Waals surface area contributed by atoms with Crippen LogP contribution in [-0.4, -0.2) is 11.9 Å². The molecule has 0 saturated heterocycles. The Bertz CT molecular complexity index is 744. The number of hydrogen-bond donors (Lipinski definition) is 0. The van der Waals surface area contributed by atoms with Crippen molar-refractivity contribution in [2.24, 2.45) is 0 Å². The van der Waals surface area contributed by atoms with Gasteiger partial charge in [-0.3, -0.25) is 4.79 Å². The number of carbonyl (C=O) groups excluding carboxylic acids is 2. The molecule has 0 saturated carbocycles. The Balaban J connectivity index is 2.18. The van der Waals surface area contributed by atoms with Crippen molar-refractivity contribution in [2.75, 3.05) is 0 Å². The zero-order valence-electron chi connectivity index (χ0n) is 13.4. The first kappa shape index (κ1) is 17.3. The third-order valence-electron chi connectivity index (χ3n) is 3.27. The molecule has 0 amide bonds. The molecular weight excluding hydrogens is 304 g/mol. The summed E-state index contributed by atoms with van der Waals surface area (Å²) in [5, 5.41) is 0. The summed E-state index contributed by atoms with van der Waals surface area (Å²) in [6.07, 6.45) is -0.899. The van der Waals surface area contributed by atoms with E-state index in [1.165, 1.54) is 6.92 Å². The molecule has 1 atom stereocenters. The Morgan fingerprint density at radius 1 is 1.04 bits per heavy atom. The van der Waals surface area contributed by atoms with Gasteiger partial charge in [-0.15, -0.1) is 5.73 Å². The fourth-order valence-corrected chi connectivity index (χ4v) is 2.16. The maximum absolute atomic E-state index is 12.4. The molecule has 122 valence electrons. The lowest BCUT2D eigenvalue weighted by Crippen LogP contribution is -2.18. The van der Waals surface area contributed by atoms with Crippen LogP contribution in [0.3, 0.4) is 0 Å². The summed E-state index contributed by atoms with van der Waals surface area (Å²) in [4.78, 5) is 23.8. The first-order valence-electron chi connectivity index (χ1n) is 7.45. The van der Waals surface area contributed by atoms with Gasteiger partial charge in [-0.2, -0.15) is 0 Å². The first-order valence-corrected chi connectivity index (χ1v) is 7.45. The van der Waals surface area contributed by atoms with Crippen molar-refractivity contribution in [1.82, 2.24) is 0 Å². The highest BCUT2D eigenvalue weighted by molar-refractivity contribution is 5.90. The minimum absolute atomic E-state index is 0.0623. The molecular formula is C20H18O4. The van der Waals surface area contributed by atoms with Crippen LogP contribution in [0.2, 0.25) is 0 Å². The van der Waals surface area contributed by atoms with E-state index in [0.29, 0.717) is 5.56 Å². The molecule has 1 unspecified atom stereocenters. The van der Waals surface area contributed by atoms with Crippen LogP contribution in [-0.2, 0) is 25.7 Å². The van der Waals surface area contributed by atoms with E-state index in [4.69, 9.17) is 9.47 Å². The lowest BCUT2D eigenvalue weighted by atomic mass is 10.0. The fourth-order valence-electron chi connectivity index (χ4n) is 2.16. The van der Waals surface area contributed by atoms with Crippen LogP contribution < -0.4 is 0 Å². The fraction of sp³-hybridized carbons (Fsp3) is 0.150. The summed E-state index contributed by atoms with van der Waals surface area (Å²) in [7, 11) is 0. The van der Waals surface area contributed by atoms with Crippen molar-refractivity contribution in [3.05, 3.63) is 89.7 Å². The summed E-state index contributed by atoms with van der Waals surface area (Å²) < 4.78 is 10.6. The van der Waals surface area contributed by atoms with Crippen molar-refractivity contribution in [2.45, 2.75) is 19.6 Å². The van der Waals surface area contributed by atoms with Gasteiger partial charge in [0.1, 0.15) is 12.2 Å². The van der Waals surface area contributed by atoms with Crippen LogP contribution in [0.4, 0.5) is 0 Å². The highest BCUT2D eigenvalue weighted by Crippen LogP contribution is 2.26. The maximum Gasteiger partial charge on any atom is 0.346 e. The molecule has 0 bridgehead atoms. The van der Waals surface area contributed by atoms with Crippen LogP contribution in [0.5, 0.6) is 0 Å². The molecule has 0 aliphatic carbocycles. The van der Waals surface area contributed by atoms with E-state index >= 15 is 0 Å². The van der Waals surface area contributed by atoms with Crippen molar-refractivity contribution >= 4 is 11.9 Å². The third kappa shape index (κ3) is 4.70. The minimum atomic E-state index is -0.899. The Morgan fingerprint density at radius 3 is 2.17 bits per heavy atom. The van der Waals surface area contributed by atoms with Crippen LogP contribution in [0.1, 0.15) is 24.2 Å². The van der Waals surface area contributed by atoms with Crippen LogP contribution in [0, 0.1) is 0 Å². The highest BCUT2D eigenvalue weighted by atomic mass is 16.6. The zero-order chi connectivity index (χ0) is 17.4. The van der Waals surface area contributed by atoms with Crippen LogP contribution in [0.25, 0.3) is 0 Å². The Kier molecular flexibility index (Phi) is 6.12. The zero-order valence-corrected chi connectivity index (χ0v) is 13.4. The van der Waals surface area contributed by atoms with Gasteiger partial charge in [0.25, 0.3) is 0 Å². The molecule has 2 rings (SSSR count). The molecule has 0 heterocycles. The SMILES string of the molecule is C=C=C(C(=O)OCc1ccccc1)C(OC(C)=O)c1ccccc1. The average molecular weight is 322 g/mol. The summed E-state index contributed by atoms with van der Waals surface area (Å²) in [6, 6.07) is 18.2. The predicted octanol–water partition coefficient (Wildman–Crippen LogP) is 3.75. The van der Waals surface area contributed by atoms with Crippen molar-refractivity contribution in [1.29, 1.82) is 0 Å². The molecule has 24 heavy (non-hydrogen) atoms. The standard InChI is InChI=1S/C20H18O4/c1-3-18(20(22)23-14-16-10-6-4-7-11-16)19(24-15(2)21)17-12-8-5-9-13-17/h4-13,19H,1,14H2,2H3. The summed E-state index contributed by atoms with van der Waals surface area (Å²) in [5.74, 6) is -1.13. The lowest BCUT2D eigenvalue weighted by molar-refractivity contribution is -0.148. The van der Waals surface area contributed by atoms with Crippen molar-refractivity contribution in [3.63, 3.8) is 0 Å². The van der Waals surface area contributed by atoms with Gasteiger partial charge in [0.05, 0.1) is 0 Å². The van der Waals surface area contributed by atoms with E-state index in [-0.39, 0.29) is 12.2 Å². The molecule has 0 N–H and O–H groups in total. The van der Waals surface area contributed by atoms with Crippen molar-refractivity contribution in [3.8, 4) is 0 Å². The van der Waals surface area contributed by atoms with Gasteiger partial charge in [0.15, 0.2) is 6.10 Å². The van der Waals surface area contributed by atoms with Gasteiger partial charge in [-0.25, -0.2) is 4.79 Å². The molecule has 0 aromatic heterocycles. The topological polar surface area (TPSA) is 52.6 Å². The normalized spacial score (nSPS) is 11.0. The lowest BCUT2D eigenvalue weighted by Gasteiger charge is -2.18. The van der Waals surface area contributed by atoms with E-state index in [2.05, 4.69) is 12.3 Å². The number of rotatable bonds is 6. The van der Waals surface area contributed by atoms with Gasteiger partial charge in [-0.05, 0) is 11.1 Å².